The van der Waals surface area contributed by atoms with Crippen LogP contribution in [0, 0.1) is 6.92 Å². The molecular weight excluding hydrogens is 176 g/mol. The summed E-state index contributed by atoms with van der Waals surface area (Å²) in [6, 6.07) is 8.09. The molecule has 0 saturated heterocycles. The van der Waals surface area contributed by atoms with E-state index in [0.717, 1.165) is 17.1 Å². The molecule has 0 aliphatic carbocycles. The molecule has 1 heterocycles. The van der Waals surface area contributed by atoms with E-state index >= 15 is 0 Å². The minimum absolute atomic E-state index is 0.00113. The summed E-state index contributed by atoms with van der Waals surface area (Å²) in [6.07, 6.45) is 1.65. The molecule has 0 saturated carbocycles. The van der Waals surface area contributed by atoms with Gasteiger partial charge in [0, 0.05) is 5.56 Å². The number of rotatable bonds is 2. The van der Waals surface area contributed by atoms with Crippen molar-refractivity contribution in [2.75, 3.05) is 0 Å². The molecular formula is C11H12N2O. The van der Waals surface area contributed by atoms with Crippen molar-refractivity contribution in [1.29, 1.82) is 0 Å². The van der Waals surface area contributed by atoms with Crippen molar-refractivity contribution >= 4 is 0 Å². The minimum atomic E-state index is -0.00113. The molecule has 2 N–H and O–H groups in total. The van der Waals surface area contributed by atoms with Crippen LogP contribution in [0.4, 0.5) is 0 Å². The molecule has 0 bridgehead atoms. The second-order valence-corrected chi connectivity index (χ2v) is 3.28. The molecule has 0 atom stereocenters. The first-order chi connectivity index (χ1) is 6.79. The monoisotopic (exact) mass is 188 g/mol. The Balaban J connectivity index is 2.34. The molecule has 1 aromatic carbocycles. The van der Waals surface area contributed by atoms with Crippen molar-refractivity contribution in [3.8, 4) is 11.4 Å². The standard InChI is InChI=1S/C11H12N2O/c1-8-2-4-9(5-3-8)11-12-6-10(7-14)13-11/h2-6,14H,7H2,1H3,(H,12,13). The second-order valence-electron chi connectivity index (χ2n) is 3.28. The minimum Gasteiger partial charge on any atom is -0.390 e. The van der Waals surface area contributed by atoms with E-state index in [2.05, 4.69) is 9.97 Å². The van der Waals surface area contributed by atoms with Crippen molar-refractivity contribution in [2.24, 2.45) is 0 Å². The normalized spacial score (nSPS) is 10.4. The van der Waals surface area contributed by atoms with Crippen molar-refractivity contribution in [3.05, 3.63) is 41.7 Å². The first-order valence-corrected chi connectivity index (χ1v) is 4.51. The van der Waals surface area contributed by atoms with Crippen LogP contribution in [0.3, 0.4) is 0 Å². The Labute approximate surface area is 82.4 Å². The molecule has 2 aromatic rings. The number of aliphatic hydroxyl groups is 1. The number of hydrogen-bond acceptors (Lipinski definition) is 2. The van der Waals surface area contributed by atoms with E-state index in [1.54, 1.807) is 6.20 Å². The fraction of sp³-hybridized carbons (Fsp3) is 0.182. The van der Waals surface area contributed by atoms with E-state index in [0.29, 0.717) is 0 Å². The quantitative estimate of drug-likeness (QED) is 0.756. The maximum Gasteiger partial charge on any atom is 0.137 e. The van der Waals surface area contributed by atoms with Gasteiger partial charge in [-0.25, -0.2) is 4.98 Å². The van der Waals surface area contributed by atoms with Crippen LogP contribution >= 0.6 is 0 Å². The van der Waals surface area contributed by atoms with Crippen LogP contribution in [0.15, 0.2) is 30.5 Å². The van der Waals surface area contributed by atoms with Gasteiger partial charge in [0.1, 0.15) is 5.82 Å². The van der Waals surface area contributed by atoms with Crippen molar-refractivity contribution in [2.45, 2.75) is 13.5 Å². The summed E-state index contributed by atoms with van der Waals surface area (Å²) in [4.78, 5) is 7.21. The smallest absolute Gasteiger partial charge is 0.137 e. The lowest BCUT2D eigenvalue weighted by molar-refractivity contribution is 0.277. The highest BCUT2D eigenvalue weighted by Gasteiger charge is 2.01. The Morgan fingerprint density at radius 2 is 2.00 bits per heavy atom. The number of imidazole rings is 1. The fourth-order valence-corrected chi connectivity index (χ4v) is 1.30. The third-order valence-corrected chi connectivity index (χ3v) is 2.12. The highest BCUT2D eigenvalue weighted by molar-refractivity contribution is 5.55. The first kappa shape index (κ1) is 8.97. The highest BCUT2D eigenvalue weighted by atomic mass is 16.3. The zero-order valence-corrected chi connectivity index (χ0v) is 7.99. The van der Waals surface area contributed by atoms with E-state index in [4.69, 9.17) is 5.11 Å². The zero-order valence-electron chi connectivity index (χ0n) is 7.99. The molecule has 72 valence electrons. The van der Waals surface area contributed by atoms with E-state index in [1.165, 1.54) is 5.56 Å². The van der Waals surface area contributed by atoms with Crippen LogP contribution in [0.5, 0.6) is 0 Å². The number of aromatic amines is 1. The summed E-state index contributed by atoms with van der Waals surface area (Å²) in [5, 5.41) is 8.87. The third-order valence-electron chi connectivity index (χ3n) is 2.12. The summed E-state index contributed by atoms with van der Waals surface area (Å²) >= 11 is 0. The molecule has 2 rings (SSSR count). The fourth-order valence-electron chi connectivity index (χ4n) is 1.30. The molecule has 0 spiro atoms. The predicted molar refractivity (Wildman–Crippen MR) is 54.7 cm³/mol. The van der Waals surface area contributed by atoms with Crippen molar-refractivity contribution < 1.29 is 5.11 Å². The molecule has 0 aliphatic rings. The Morgan fingerprint density at radius 3 is 2.57 bits per heavy atom. The first-order valence-electron chi connectivity index (χ1n) is 4.51. The van der Waals surface area contributed by atoms with E-state index < -0.39 is 0 Å². The van der Waals surface area contributed by atoms with Gasteiger partial charge in [-0.1, -0.05) is 29.8 Å². The summed E-state index contributed by atoms with van der Waals surface area (Å²) in [7, 11) is 0. The van der Waals surface area contributed by atoms with Crippen LogP contribution < -0.4 is 0 Å². The van der Waals surface area contributed by atoms with Gasteiger partial charge in [0.05, 0.1) is 18.5 Å². The van der Waals surface area contributed by atoms with Gasteiger partial charge in [0.2, 0.25) is 0 Å². The Kier molecular flexibility index (Phi) is 2.33. The number of nitrogens with zero attached hydrogens (tertiary/aromatic N) is 1. The van der Waals surface area contributed by atoms with Crippen LogP contribution in [-0.4, -0.2) is 15.1 Å². The second kappa shape index (κ2) is 3.64. The number of H-pyrrole nitrogens is 1. The molecule has 0 amide bonds. The van der Waals surface area contributed by atoms with Gasteiger partial charge < -0.3 is 10.1 Å². The van der Waals surface area contributed by atoms with E-state index in [-0.39, 0.29) is 6.61 Å². The Bertz CT molecular complexity index is 417. The molecule has 3 nitrogen and oxygen atoms in total. The number of benzene rings is 1. The molecule has 0 unspecified atom stereocenters. The maximum atomic E-state index is 8.87. The predicted octanol–water partition coefficient (Wildman–Crippen LogP) is 1.88. The lowest BCUT2D eigenvalue weighted by Gasteiger charge is -1.97. The average molecular weight is 188 g/mol. The summed E-state index contributed by atoms with van der Waals surface area (Å²) < 4.78 is 0. The maximum absolute atomic E-state index is 8.87. The number of aryl methyl sites for hydroxylation is 1. The van der Waals surface area contributed by atoms with E-state index in [1.807, 2.05) is 31.2 Å². The number of aliphatic hydroxyl groups excluding tert-OH is 1. The highest BCUT2D eigenvalue weighted by Crippen LogP contribution is 2.15. The lowest BCUT2D eigenvalue weighted by Crippen LogP contribution is -1.83. The summed E-state index contributed by atoms with van der Waals surface area (Å²) in [6.45, 7) is 2.05. The largest absolute Gasteiger partial charge is 0.390 e. The summed E-state index contributed by atoms with van der Waals surface area (Å²) in [5.41, 5.74) is 3.00. The molecule has 0 radical (unpaired) electrons. The number of aromatic nitrogens is 2. The molecule has 3 heteroatoms. The van der Waals surface area contributed by atoms with Gasteiger partial charge in [-0.3, -0.25) is 0 Å². The van der Waals surface area contributed by atoms with Crippen molar-refractivity contribution in [1.82, 2.24) is 9.97 Å². The van der Waals surface area contributed by atoms with E-state index in [9.17, 15) is 0 Å². The zero-order chi connectivity index (χ0) is 9.97. The van der Waals surface area contributed by atoms with Gasteiger partial charge in [0.25, 0.3) is 0 Å². The van der Waals surface area contributed by atoms with Gasteiger partial charge in [-0.15, -0.1) is 0 Å². The molecule has 14 heavy (non-hydrogen) atoms. The SMILES string of the molecule is Cc1ccc(-c2ncc(CO)[nH]2)cc1. The average Bonchev–Trinajstić information content (AvgIpc) is 2.67. The van der Waals surface area contributed by atoms with Crippen LogP contribution in [-0.2, 0) is 6.61 Å². The van der Waals surface area contributed by atoms with Crippen LogP contribution in [0.1, 0.15) is 11.3 Å². The van der Waals surface area contributed by atoms with Crippen LogP contribution in [0.25, 0.3) is 11.4 Å². The van der Waals surface area contributed by atoms with Gasteiger partial charge in [0.15, 0.2) is 0 Å². The molecule has 1 aromatic heterocycles. The molecule has 0 fully saturated rings. The van der Waals surface area contributed by atoms with Crippen LogP contribution in [0.2, 0.25) is 0 Å². The lowest BCUT2D eigenvalue weighted by atomic mass is 10.1. The number of nitrogens with one attached hydrogen (secondary N) is 1. The van der Waals surface area contributed by atoms with Gasteiger partial charge >= 0.3 is 0 Å². The van der Waals surface area contributed by atoms with Gasteiger partial charge in [-0.2, -0.15) is 0 Å². The topological polar surface area (TPSA) is 48.9 Å². The van der Waals surface area contributed by atoms with Crippen molar-refractivity contribution in [3.63, 3.8) is 0 Å². The molecule has 0 aliphatic heterocycles. The summed E-state index contributed by atoms with van der Waals surface area (Å²) in [5.74, 6) is 0.800. The number of hydrogen-bond donors (Lipinski definition) is 2. The third kappa shape index (κ3) is 1.67. The Morgan fingerprint density at radius 1 is 1.29 bits per heavy atom. The Hall–Kier alpha value is -1.61. The van der Waals surface area contributed by atoms with Gasteiger partial charge in [-0.05, 0) is 6.92 Å².